The van der Waals surface area contributed by atoms with E-state index < -0.39 is 5.91 Å². The van der Waals surface area contributed by atoms with Gasteiger partial charge >= 0.3 is 0 Å². The van der Waals surface area contributed by atoms with E-state index in [1.54, 1.807) is 29.2 Å². The summed E-state index contributed by atoms with van der Waals surface area (Å²) < 4.78 is 3.08. The fraction of sp³-hybridized carbons (Fsp3) is 0.0588. The number of benzene rings is 1. The molecule has 0 saturated heterocycles. The van der Waals surface area contributed by atoms with Crippen LogP contribution in [-0.2, 0) is 0 Å². The van der Waals surface area contributed by atoms with Gasteiger partial charge in [0.25, 0.3) is 11.5 Å². The van der Waals surface area contributed by atoms with Crippen LogP contribution in [0, 0.1) is 6.92 Å². The van der Waals surface area contributed by atoms with Gasteiger partial charge in [0.1, 0.15) is 5.56 Å². The molecule has 1 amide bonds. The number of thiazole rings is 1. The van der Waals surface area contributed by atoms with Crippen LogP contribution in [0.3, 0.4) is 0 Å². The average Bonchev–Trinajstić information content (AvgIpc) is 3.24. The minimum absolute atomic E-state index is 0.000192. The molecule has 4 rings (SSSR count). The Labute approximate surface area is 146 Å². The highest BCUT2D eigenvalue weighted by Gasteiger charge is 2.15. The van der Waals surface area contributed by atoms with Gasteiger partial charge in [0.2, 0.25) is 0 Å². The van der Waals surface area contributed by atoms with Crippen molar-refractivity contribution < 1.29 is 4.79 Å². The van der Waals surface area contributed by atoms with E-state index in [0.29, 0.717) is 10.6 Å². The molecule has 1 N–H and O–H groups in total. The van der Waals surface area contributed by atoms with Gasteiger partial charge in [-0.25, -0.2) is 9.67 Å². The molecule has 0 radical (unpaired) electrons. The third-order valence-electron chi connectivity index (χ3n) is 3.64. The fourth-order valence-electron chi connectivity index (χ4n) is 2.50. The molecule has 0 saturated carbocycles. The van der Waals surface area contributed by atoms with Crippen molar-refractivity contribution in [1.82, 2.24) is 19.2 Å². The molecule has 0 aliphatic carbocycles. The van der Waals surface area contributed by atoms with E-state index in [-0.39, 0.29) is 11.1 Å². The van der Waals surface area contributed by atoms with Crippen LogP contribution < -0.4 is 10.9 Å². The molecule has 0 unspecified atom stereocenters. The molecule has 3 heterocycles. The highest BCUT2D eigenvalue weighted by molar-refractivity contribution is 7.16. The van der Waals surface area contributed by atoms with E-state index in [9.17, 15) is 9.59 Å². The second-order valence-electron chi connectivity index (χ2n) is 5.43. The van der Waals surface area contributed by atoms with Gasteiger partial charge in [0.05, 0.1) is 5.69 Å². The summed E-state index contributed by atoms with van der Waals surface area (Å²) in [6.07, 6.45) is 6.49. The van der Waals surface area contributed by atoms with Crippen molar-refractivity contribution >= 4 is 27.9 Å². The Morgan fingerprint density at radius 1 is 1.28 bits per heavy atom. The van der Waals surface area contributed by atoms with Crippen molar-refractivity contribution in [1.29, 1.82) is 0 Å². The molecule has 8 heteroatoms. The molecule has 0 bridgehead atoms. The second kappa shape index (κ2) is 5.99. The molecule has 0 atom stereocenters. The number of carbonyl (C=O) groups excluding carboxylic acids is 1. The zero-order valence-electron chi connectivity index (χ0n) is 13.2. The van der Waals surface area contributed by atoms with Crippen LogP contribution in [0.2, 0.25) is 0 Å². The zero-order valence-corrected chi connectivity index (χ0v) is 14.0. The van der Waals surface area contributed by atoms with E-state index in [4.69, 9.17) is 0 Å². The first-order valence-corrected chi connectivity index (χ1v) is 8.33. The molecule has 0 aliphatic rings. The van der Waals surface area contributed by atoms with Crippen LogP contribution >= 0.6 is 11.3 Å². The first-order chi connectivity index (χ1) is 12.1. The van der Waals surface area contributed by atoms with Crippen molar-refractivity contribution in [2.45, 2.75) is 6.92 Å². The number of hydrogen-bond acceptors (Lipinski definition) is 5. The summed E-state index contributed by atoms with van der Waals surface area (Å²) in [6, 6.07) is 9.03. The number of nitrogens with one attached hydrogen (secondary N) is 1. The van der Waals surface area contributed by atoms with Gasteiger partial charge in [-0.2, -0.15) is 5.10 Å². The topological polar surface area (TPSA) is 81.3 Å². The van der Waals surface area contributed by atoms with Crippen molar-refractivity contribution in [3.63, 3.8) is 0 Å². The largest absolute Gasteiger partial charge is 0.322 e. The first kappa shape index (κ1) is 15.3. The summed E-state index contributed by atoms with van der Waals surface area (Å²) in [6.45, 7) is 1.89. The van der Waals surface area contributed by atoms with E-state index in [0.717, 1.165) is 10.6 Å². The number of hydrogen-bond donors (Lipinski definition) is 1. The molecule has 3 aromatic heterocycles. The minimum Gasteiger partial charge on any atom is -0.322 e. The Kier molecular flexibility index (Phi) is 3.66. The average molecular weight is 351 g/mol. The van der Waals surface area contributed by atoms with E-state index in [1.165, 1.54) is 21.9 Å². The van der Waals surface area contributed by atoms with Gasteiger partial charge in [0, 0.05) is 35.4 Å². The molecule has 7 nitrogen and oxygen atoms in total. The predicted octanol–water partition coefficient (Wildman–Crippen LogP) is 2.50. The first-order valence-electron chi connectivity index (χ1n) is 7.51. The monoisotopic (exact) mass is 351 g/mol. The summed E-state index contributed by atoms with van der Waals surface area (Å²) >= 11 is 1.40. The third kappa shape index (κ3) is 2.83. The summed E-state index contributed by atoms with van der Waals surface area (Å²) in [5, 5.41) is 6.90. The Balaban J connectivity index is 1.65. The van der Waals surface area contributed by atoms with Crippen molar-refractivity contribution in [2.24, 2.45) is 0 Å². The number of rotatable bonds is 3. The fourth-order valence-corrected chi connectivity index (χ4v) is 3.28. The zero-order chi connectivity index (χ0) is 17.4. The molecule has 1 aromatic carbocycles. The van der Waals surface area contributed by atoms with Crippen molar-refractivity contribution in [2.75, 3.05) is 5.32 Å². The van der Waals surface area contributed by atoms with Crippen LogP contribution in [-0.4, -0.2) is 25.1 Å². The van der Waals surface area contributed by atoms with Gasteiger partial charge in [-0.1, -0.05) is 6.07 Å². The van der Waals surface area contributed by atoms with Gasteiger partial charge in [-0.3, -0.25) is 14.0 Å². The maximum Gasteiger partial charge on any atom is 0.271 e. The molecule has 0 spiro atoms. The number of aryl methyl sites for hydroxylation is 1. The van der Waals surface area contributed by atoms with Crippen molar-refractivity contribution in [3.05, 3.63) is 75.9 Å². The number of fused-ring (bicyclic) bond motifs is 1. The van der Waals surface area contributed by atoms with E-state index in [2.05, 4.69) is 15.4 Å². The Hall–Kier alpha value is -3.26. The lowest BCUT2D eigenvalue weighted by Gasteiger charge is -2.07. The lowest BCUT2D eigenvalue weighted by molar-refractivity contribution is 0.102. The van der Waals surface area contributed by atoms with Crippen LogP contribution in [0.5, 0.6) is 0 Å². The van der Waals surface area contributed by atoms with Crippen LogP contribution in [0.15, 0.2) is 59.9 Å². The maximum atomic E-state index is 12.5. The summed E-state index contributed by atoms with van der Waals surface area (Å²) in [5.74, 6) is -0.492. The van der Waals surface area contributed by atoms with E-state index in [1.807, 2.05) is 31.3 Å². The normalized spacial score (nSPS) is 10.9. The lowest BCUT2D eigenvalue weighted by atomic mass is 10.2. The summed E-state index contributed by atoms with van der Waals surface area (Å²) in [5.41, 5.74) is 1.00. The molecular weight excluding hydrogens is 338 g/mol. The van der Waals surface area contributed by atoms with Crippen LogP contribution in [0.1, 0.15) is 15.2 Å². The SMILES string of the molecule is Cc1cn2c(=O)c(C(=O)Nc3cccc(-n4cccn4)c3)cnc2s1. The molecule has 25 heavy (non-hydrogen) atoms. The standard InChI is InChI=1S/C17H13N5O2S/c1-11-10-21-16(24)14(9-18-17(21)25-11)15(23)20-12-4-2-5-13(8-12)22-7-3-6-19-22/h2-10H,1H3,(H,20,23). The number of aromatic nitrogens is 4. The van der Waals surface area contributed by atoms with Gasteiger partial charge in [0.15, 0.2) is 4.96 Å². The summed E-state index contributed by atoms with van der Waals surface area (Å²) in [7, 11) is 0. The molecule has 0 aliphatic heterocycles. The quantitative estimate of drug-likeness (QED) is 0.615. The Morgan fingerprint density at radius 2 is 2.16 bits per heavy atom. The Bertz CT molecular complexity index is 1130. The van der Waals surface area contributed by atoms with Crippen LogP contribution in [0.25, 0.3) is 10.6 Å². The number of anilines is 1. The van der Waals surface area contributed by atoms with Gasteiger partial charge in [-0.15, -0.1) is 11.3 Å². The van der Waals surface area contributed by atoms with Crippen molar-refractivity contribution in [3.8, 4) is 5.69 Å². The number of amides is 1. The molecule has 0 fully saturated rings. The molecule has 4 aromatic rings. The van der Waals surface area contributed by atoms with Crippen LogP contribution in [0.4, 0.5) is 5.69 Å². The second-order valence-corrected chi connectivity index (χ2v) is 6.64. The molecular formula is C17H13N5O2S. The maximum absolute atomic E-state index is 12.5. The number of nitrogens with zero attached hydrogens (tertiary/aromatic N) is 4. The smallest absolute Gasteiger partial charge is 0.271 e. The highest BCUT2D eigenvalue weighted by atomic mass is 32.1. The third-order valence-corrected chi connectivity index (χ3v) is 4.55. The predicted molar refractivity (Wildman–Crippen MR) is 95.6 cm³/mol. The molecule has 124 valence electrons. The lowest BCUT2D eigenvalue weighted by Crippen LogP contribution is -2.25. The van der Waals surface area contributed by atoms with E-state index >= 15 is 0 Å². The summed E-state index contributed by atoms with van der Waals surface area (Å²) in [4.78, 5) is 30.7. The van der Waals surface area contributed by atoms with Gasteiger partial charge < -0.3 is 5.32 Å². The Morgan fingerprint density at radius 3 is 2.96 bits per heavy atom. The highest BCUT2D eigenvalue weighted by Crippen LogP contribution is 2.16. The minimum atomic E-state index is -0.492. The van der Waals surface area contributed by atoms with Gasteiger partial charge in [-0.05, 0) is 31.2 Å². The number of carbonyl (C=O) groups is 1.